The largest absolute Gasteiger partial charge is 0.193 e. The van der Waals surface area contributed by atoms with E-state index in [1.165, 1.54) is 22.3 Å². The third-order valence-corrected chi connectivity index (χ3v) is 3.84. The van der Waals surface area contributed by atoms with Gasteiger partial charge in [-0.15, -0.1) is 0 Å². The van der Waals surface area contributed by atoms with Crippen LogP contribution in [-0.4, -0.2) is 0 Å². The molecule has 1 nitrogen and oxygen atoms in total. The number of benzene rings is 2. The molecule has 0 aliphatic carbocycles. The molecule has 0 bridgehead atoms. The van der Waals surface area contributed by atoms with Gasteiger partial charge in [0.2, 0.25) is 0 Å². The van der Waals surface area contributed by atoms with Crippen LogP contribution in [0.25, 0.3) is 16.7 Å². The summed E-state index contributed by atoms with van der Waals surface area (Å²) < 4.78 is 0. The quantitative estimate of drug-likeness (QED) is 0.578. The van der Waals surface area contributed by atoms with Gasteiger partial charge < -0.3 is 0 Å². The summed E-state index contributed by atoms with van der Waals surface area (Å²) in [4.78, 5) is 0. The van der Waals surface area contributed by atoms with E-state index in [1.54, 1.807) is 0 Å². The predicted molar refractivity (Wildman–Crippen MR) is 94.2 cm³/mol. The molecule has 2 aromatic rings. The first kappa shape index (κ1) is 16.0. The summed E-state index contributed by atoms with van der Waals surface area (Å²) in [7, 11) is 0. The summed E-state index contributed by atoms with van der Waals surface area (Å²) in [6.07, 6.45) is 3.91. The molecule has 2 aromatic carbocycles. The highest BCUT2D eigenvalue weighted by Crippen LogP contribution is 2.28. The molecule has 22 heavy (non-hydrogen) atoms. The zero-order valence-corrected chi connectivity index (χ0v) is 13.5. The number of nitriles is 1. The smallest absolute Gasteiger partial charge is 0.0950 e. The second-order valence-corrected chi connectivity index (χ2v) is 5.51. The number of hydrogen-bond acceptors (Lipinski definition) is 1. The molecule has 1 heteroatoms. The molecule has 0 radical (unpaired) electrons. The van der Waals surface area contributed by atoms with E-state index in [-0.39, 0.29) is 0 Å². The number of nitrogens with zero attached hydrogens (tertiary/aromatic N) is 1. The SMILES string of the molecule is CCC/C(C#N)=C(\CCC)c1ccc(-c2ccccc2)cc1. The van der Waals surface area contributed by atoms with E-state index in [2.05, 4.69) is 68.4 Å². The first-order valence-electron chi connectivity index (χ1n) is 8.08. The Morgan fingerprint density at radius 1 is 0.818 bits per heavy atom. The molecule has 0 amide bonds. The Morgan fingerprint density at radius 3 is 1.95 bits per heavy atom. The van der Waals surface area contributed by atoms with E-state index in [4.69, 9.17) is 0 Å². The van der Waals surface area contributed by atoms with Crippen molar-refractivity contribution in [1.29, 1.82) is 5.26 Å². The van der Waals surface area contributed by atoms with Crippen LogP contribution in [0, 0.1) is 11.3 Å². The number of hydrogen-bond donors (Lipinski definition) is 0. The first-order valence-corrected chi connectivity index (χ1v) is 8.08. The molecule has 0 saturated heterocycles. The van der Waals surface area contributed by atoms with Crippen molar-refractivity contribution in [3.05, 3.63) is 65.7 Å². The van der Waals surface area contributed by atoms with Crippen LogP contribution >= 0.6 is 0 Å². The van der Waals surface area contributed by atoms with Crippen LogP contribution in [0.2, 0.25) is 0 Å². The number of allylic oxidation sites excluding steroid dienone is 2. The monoisotopic (exact) mass is 289 g/mol. The summed E-state index contributed by atoms with van der Waals surface area (Å²) in [5.74, 6) is 0. The van der Waals surface area contributed by atoms with Gasteiger partial charge in [-0.05, 0) is 35.1 Å². The fraction of sp³-hybridized carbons (Fsp3) is 0.286. The van der Waals surface area contributed by atoms with E-state index >= 15 is 0 Å². The topological polar surface area (TPSA) is 23.8 Å². The van der Waals surface area contributed by atoms with Crippen LogP contribution in [0.1, 0.15) is 45.1 Å². The Kier molecular flexibility index (Phi) is 5.98. The molecule has 0 fully saturated rings. The molecule has 0 heterocycles. The molecule has 0 N–H and O–H groups in total. The van der Waals surface area contributed by atoms with E-state index in [0.717, 1.165) is 31.3 Å². The average molecular weight is 289 g/mol. The molecule has 0 atom stereocenters. The Labute approximate surface area is 133 Å². The highest BCUT2D eigenvalue weighted by molar-refractivity contribution is 5.74. The normalized spacial score (nSPS) is 11.7. The lowest BCUT2D eigenvalue weighted by Gasteiger charge is -2.11. The third kappa shape index (κ3) is 3.86. The van der Waals surface area contributed by atoms with Gasteiger partial charge in [-0.1, -0.05) is 81.3 Å². The van der Waals surface area contributed by atoms with Gasteiger partial charge in [0.1, 0.15) is 0 Å². The summed E-state index contributed by atoms with van der Waals surface area (Å²) >= 11 is 0. The lowest BCUT2D eigenvalue weighted by molar-refractivity contribution is 0.908. The van der Waals surface area contributed by atoms with Crippen LogP contribution in [-0.2, 0) is 0 Å². The average Bonchev–Trinajstić information content (AvgIpc) is 2.59. The number of rotatable bonds is 6. The first-order chi connectivity index (χ1) is 10.8. The Hall–Kier alpha value is -2.33. The molecule has 0 aliphatic rings. The minimum absolute atomic E-state index is 0.867. The van der Waals surface area contributed by atoms with Crippen molar-refractivity contribution < 1.29 is 0 Å². The van der Waals surface area contributed by atoms with Gasteiger partial charge in [0, 0.05) is 5.57 Å². The predicted octanol–water partition coefficient (Wildman–Crippen LogP) is 6.23. The fourth-order valence-corrected chi connectivity index (χ4v) is 2.74. The molecule has 0 aliphatic heterocycles. The summed E-state index contributed by atoms with van der Waals surface area (Å²) in [6.45, 7) is 4.29. The molecule has 112 valence electrons. The van der Waals surface area contributed by atoms with Crippen LogP contribution in [0.5, 0.6) is 0 Å². The minimum atomic E-state index is 0.867. The molecule has 0 aromatic heterocycles. The van der Waals surface area contributed by atoms with Crippen LogP contribution < -0.4 is 0 Å². The van der Waals surface area contributed by atoms with Gasteiger partial charge in [0.05, 0.1) is 6.07 Å². The lowest BCUT2D eigenvalue weighted by Crippen LogP contribution is -1.92. The molecule has 0 unspecified atom stereocenters. The third-order valence-electron chi connectivity index (χ3n) is 3.84. The van der Waals surface area contributed by atoms with Gasteiger partial charge in [0.25, 0.3) is 0 Å². The molecule has 2 rings (SSSR count). The molecule has 0 spiro atoms. The maximum absolute atomic E-state index is 9.44. The second-order valence-electron chi connectivity index (χ2n) is 5.51. The van der Waals surface area contributed by atoms with E-state index in [1.807, 2.05) is 6.07 Å². The van der Waals surface area contributed by atoms with E-state index in [9.17, 15) is 5.26 Å². The van der Waals surface area contributed by atoms with Crippen molar-refractivity contribution in [2.75, 3.05) is 0 Å². The van der Waals surface area contributed by atoms with Crippen molar-refractivity contribution >= 4 is 5.57 Å². The van der Waals surface area contributed by atoms with Gasteiger partial charge in [-0.2, -0.15) is 5.26 Å². The van der Waals surface area contributed by atoms with E-state index in [0.29, 0.717) is 0 Å². The zero-order valence-electron chi connectivity index (χ0n) is 13.5. The highest BCUT2D eigenvalue weighted by Gasteiger charge is 2.08. The van der Waals surface area contributed by atoms with Gasteiger partial charge in [-0.25, -0.2) is 0 Å². The summed E-state index contributed by atoms with van der Waals surface area (Å²) in [5.41, 5.74) is 5.79. The van der Waals surface area contributed by atoms with Crippen LogP contribution in [0.3, 0.4) is 0 Å². The zero-order chi connectivity index (χ0) is 15.8. The Bertz CT molecular complexity index is 657. The fourth-order valence-electron chi connectivity index (χ4n) is 2.74. The molecular weight excluding hydrogens is 266 g/mol. The maximum atomic E-state index is 9.44. The van der Waals surface area contributed by atoms with Crippen molar-refractivity contribution in [2.24, 2.45) is 0 Å². The Morgan fingerprint density at radius 2 is 1.41 bits per heavy atom. The minimum Gasteiger partial charge on any atom is -0.193 e. The highest BCUT2D eigenvalue weighted by atomic mass is 14.3. The van der Waals surface area contributed by atoms with Gasteiger partial charge in [-0.3, -0.25) is 0 Å². The summed E-state index contributed by atoms with van der Waals surface area (Å²) in [5, 5.41) is 9.44. The Balaban J connectivity index is 2.36. The standard InChI is InChI=1S/C21H23N/c1-3-8-20(16-22)21(9-4-2)19-14-12-18(13-15-19)17-10-6-5-7-11-17/h5-7,10-15H,3-4,8-9H2,1-2H3/b21-20-. The molecule has 0 saturated carbocycles. The van der Waals surface area contributed by atoms with Crippen molar-refractivity contribution in [3.63, 3.8) is 0 Å². The van der Waals surface area contributed by atoms with Crippen molar-refractivity contribution in [3.8, 4) is 17.2 Å². The van der Waals surface area contributed by atoms with Gasteiger partial charge >= 0.3 is 0 Å². The van der Waals surface area contributed by atoms with Crippen LogP contribution in [0.4, 0.5) is 0 Å². The van der Waals surface area contributed by atoms with Crippen molar-refractivity contribution in [2.45, 2.75) is 39.5 Å². The maximum Gasteiger partial charge on any atom is 0.0950 e. The second kappa shape index (κ2) is 8.20. The van der Waals surface area contributed by atoms with E-state index < -0.39 is 0 Å². The van der Waals surface area contributed by atoms with Crippen LogP contribution in [0.15, 0.2) is 60.2 Å². The van der Waals surface area contributed by atoms with Gasteiger partial charge in [0.15, 0.2) is 0 Å². The van der Waals surface area contributed by atoms with Crippen molar-refractivity contribution in [1.82, 2.24) is 0 Å². The molecular formula is C21H23N. The summed E-state index contributed by atoms with van der Waals surface area (Å²) in [6, 6.07) is 21.4. The lowest BCUT2D eigenvalue weighted by atomic mass is 9.93.